The number of halogens is 4. The average molecular weight is 330 g/mol. The Morgan fingerprint density at radius 3 is 2.43 bits per heavy atom. The maximum atomic E-state index is 12.1. The van der Waals surface area contributed by atoms with E-state index in [1.54, 1.807) is 0 Å². The lowest BCUT2D eigenvalue weighted by Crippen LogP contribution is -2.19. The molecule has 9 heteroatoms. The van der Waals surface area contributed by atoms with Gasteiger partial charge >= 0.3 is 12.3 Å². The predicted octanol–water partition coefficient (Wildman–Crippen LogP) is 2.58. The van der Waals surface area contributed by atoms with Crippen molar-refractivity contribution in [2.75, 3.05) is 14.2 Å². The first-order valence-corrected chi connectivity index (χ1v) is 5.53. The van der Waals surface area contributed by atoms with Gasteiger partial charge in [0.05, 0.1) is 20.6 Å². The van der Waals surface area contributed by atoms with E-state index in [-0.39, 0.29) is 24.6 Å². The number of methoxy groups -OCH3 is 2. The molecule has 5 nitrogen and oxygen atoms in total. The van der Waals surface area contributed by atoms with Crippen molar-refractivity contribution in [1.29, 1.82) is 0 Å². The fraction of sp³-hybridized carbons (Fsp3) is 0.417. The van der Waals surface area contributed by atoms with Gasteiger partial charge in [0.15, 0.2) is 0 Å². The second-order valence-electron chi connectivity index (χ2n) is 3.84. The van der Waals surface area contributed by atoms with E-state index in [1.807, 2.05) is 0 Å². The number of benzene rings is 1. The molecule has 0 saturated carbocycles. The van der Waals surface area contributed by atoms with Gasteiger partial charge in [0, 0.05) is 17.7 Å². The molecule has 21 heavy (non-hydrogen) atoms. The normalized spacial score (nSPS) is 12.1. The Balaban J connectivity index is 0.00000400. The third-order valence-corrected chi connectivity index (χ3v) is 2.45. The Kier molecular flexibility index (Phi) is 7.31. The summed E-state index contributed by atoms with van der Waals surface area (Å²) in [7, 11) is 2.49. The van der Waals surface area contributed by atoms with Crippen LogP contribution in [0.5, 0.6) is 11.5 Å². The summed E-state index contributed by atoms with van der Waals surface area (Å²) in [5, 5.41) is 0. The van der Waals surface area contributed by atoms with Crippen LogP contribution in [0.3, 0.4) is 0 Å². The van der Waals surface area contributed by atoms with Crippen LogP contribution in [0.15, 0.2) is 18.2 Å². The van der Waals surface area contributed by atoms with Gasteiger partial charge in [-0.05, 0) is 6.07 Å². The summed E-state index contributed by atoms with van der Waals surface area (Å²) in [6.45, 7) is 0. The molecule has 0 bridgehead atoms. The summed E-state index contributed by atoms with van der Waals surface area (Å²) in [5.41, 5.74) is 6.16. The zero-order valence-corrected chi connectivity index (χ0v) is 12.1. The van der Waals surface area contributed by atoms with E-state index >= 15 is 0 Å². The van der Waals surface area contributed by atoms with E-state index in [0.29, 0.717) is 5.56 Å². The van der Waals surface area contributed by atoms with Crippen LogP contribution in [0, 0.1) is 0 Å². The van der Waals surface area contributed by atoms with Crippen molar-refractivity contribution in [2.24, 2.45) is 5.73 Å². The highest BCUT2D eigenvalue weighted by Crippen LogP contribution is 2.32. The van der Waals surface area contributed by atoms with Crippen molar-refractivity contribution in [3.05, 3.63) is 23.8 Å². The van der Waals surface area contributed by atoms with Crippen molar-refractivity contribution in [3.63, 3.8) is 0 Å². The first kappa shape index (κ1) is 19.3. The van der Waals surface area contributed by atoms with E-state index in [0.717, 1.165) is 12.1 Å². The van der Waals surface area contributed by atoms with Crippen LogP contribution < -0.4 is 15.2 Å². The molecule has 1 aromatic rings. The highest BCUT2D eigenvalue weighted by atomic mass is 35.5. The van der Waals surface area contributed by atoms with Crippen molar-refractivity contribution >= 4 is 18.4 Å². The number of esters is 1. The second-order valence-corrected chi connectivity index (χ2v) is 3.84. The fourth-order valence-corrected chi connectivity index (χ4v) is 1.57. The highest BCUT2D eigenvalue weighted by Gasteiger charge is 2.31. The minimum absolute atomic E-state index is 0. The first-order chi connectivity index (χ1) is 9.26. The Bertz CT molecular complexity index is 482. The molecule has 0 aliphatic heterocycles. The molecule has 0 radical (unpaired) electrons. The Hall–Kier alpha value is -1.67. The number of alkyl halides is 3. The largest absolute Gasteiger partial charge is 0.573 e. The topological polar surface area (TPSA) is 70.8 Å². The first-order valence-electron chi connectivity index (χ1n) is 5.53. The molecule has 0 aliphatic carbocycles. The van der Waals surface area contributed by atoms with Gasteiger partial charge in [-0.1, -0.05) is 6.07 Å². The van der Waals surface area contributed by atoms with E-state index in [4.69, 9.17) is 10.5 Å². The minimum atomic E-state index is -4.79. The average Bonchev–Trinajstić information content (AvgIpc) is 2.36. The van der Waals surface area contributed by atoms with E-state index in [2.05, 4.69) is 9.47 Å². The van der Waals surface area contributed by atoms with E-state index in [1.165, 1.54) is 20.3 Å². The molecule has 2 N–H and O–H groups in total. The summed E-state index contributed by atoms with van der Waals surface area (Å²) in [5.74, 6) is -0.860. The van der Waals surface area contributed by atoms with Crippen LogP contribution in [0.2, 0.25) is 0 Å². The summed E-state index contributed by atoms with van der Waals surface area (Å²) in [6.07, 6.45) is -4.91. The number of carbonyl (C=O) groups excluding carboxylic acids is 1. The number of nitrogens with two attached hydrogens (primary N) is 1. The predicted molar refractivity (Wildman–Crippen MR) is 70.5 cm³/mol. The smallest absolute Gasteiger partial charge is 0.496 e. The summed E-state index contributed by atoms with van der Waals surface area (Å²) >= 11 is 0. The maximum absolute atomic E-state index is 12.1. The van der Waals surface area contributed by atoms with Gasteiger partial charge in [0.25, 0.3) is 0 Å². The zero-order chi connectivity index (χ0) is 15.3. The molecule has 1 atom stereocenters. The second kappa shape index (κ2) is 7.94. The van der Waals surface area contributed by atoms with Crippen LogP contribution in [0.4, 0.5) is 13.2 Å². The number of hydrogen-bond acceptors (Lipinski definition) is 5. The summed E-state index contributed by atoms with van der Waals surface area (Å²) in [6, 6.07) is 2.72. The van der Waals surface area contributed by atoms with Crippen molar-refractivity contribution in [3.8, 4) is 11.5 Å². The van der Waals surface area contributed by atoms with Gasteiger partial charge in [0.1, 0.15) is 11.5 Å². The van der Waals surface area contributed by atoms with Crippen LogP contribution in [-0.2, 0) is 9.53 Å². The summed E-state index contributed by atoms with van der Waals surface area (Å²) in [4.78, 5) is 11.1. The molecule has 0 aliphatic rings. The standard InChI is InChI=1S/C12H14F3NO4.ClH/c1-18-10-5-7(20-12(13,14)15)3-4-8(10)9(16)6-11(17)19-2;/h3-5,9H,6,16H2,1-2H3;1H/t9-;/m1./s1. The third kappa shape index (κ3) is 6.09. The van der Waals surface area contributed by atoms with Gasteiger partial charge in [-0.2, -0.15) is 0 Å². The van der Waals surface area contributed by atoms with Crippen LogP contribution in [0.25, 0.3) is 0 Å². The molecule has 0 unspecified atom stereocenters. The monoisotopic (exact) mass is 329 g/mol. The summed E-state index contributed by atoms with van der Waals surface area (Å²) < 4.78 is 49.5. The lowest BCUT2D eigenvalue weighted by Gasteiger charge is -2.16. The molecule has 1 rings (SSSR count). The van der Waals surface area contributed by atoms with Crippen molar-refractivity contribution < 1.29 is 32.2 Å². The maximum Gasteiger partial charge on any atom is 0.573 e. The Labute approximate surface area is 125 Å². The number of carbonyl (C=O) groups is 1. The van der Waals surface area contributed by atoms with Crippen LogP contribution >= 0.6 is 12.4 Å². The quantitative estimate of drug-likeness (QED) is 0.841. The molecule has 0 amide bonds. The van der Waals surface area contributed by atoms with Crippen LogP contribution in [-0.4, -0.2) is 26.6 Å². The number of hydrogen-bond donors (Lipinski definition) is 1. The molecule has 0 heterocycles. The highest BCUT2D eigenvalue weighted by molar-refractivity contribution is 5.85. The minimum Gasteiger partial charge on any atom is -0.496 e. The fourth-order valence-electron chi connectivity index (χ4n) is 1.57. The van der Waals surface area contributed by atoms with E-state index in [9.17, 15) is 18.0 Å². The van der Waals surface area contributed by atoms with Gasteiger partial charge in [-0.15, -0.1) is 25.6 Å². The Morgan fingerprint density at radius 1 is 1.33 bits per heavy atom. The van der Waals surface area contributed by atoms with Gasteiger partial charge < -0.3 is 19.9 Å². The van der Waals surface area contributed by atoms with E-state index < -0.39 is 24.1 Å². The molecule has 120 valence electrons. The number of ether oxygens (including phenoxy) is 3. The Morgan fingerprint density at radius 2 is 1.95 bits per heavy atom. The molecule has 0 aromatic heterocycles. The lowest BCUT2D eigenvalue weighted by molar-refractivity contribution is -0.274. The van der Waals surface area contributed by atoms with Gasteiger partial charge in [-0.3, -0.25) is 4.79 Å². The van der Waals surface area contributed by atoms with Gasteiger partial charge in [0.2, 0.25) is 0 Å². The van der Waals surface area contributed by atoms with Gasteiger partial charge in [-0.25, -0.2) is 0 Å². The zero-order valence-electron chi connectivity index (χ0n) is 11.3. The molecule has 0 spiro atoms. The molecule has 1 aromatic carbocycles. The molecule has 0 fully saturated rings. The lowest BCUT2D eigenvalue weighted by atomic mass is 10.0. The van der Waals surface area contributed by atoms with Crippen molar-refractivity contribution in [2.45, 2.75) is 18.8 Å². The molecular formula is C12H15ClF3NO4. The van der Waals surface area contributed by atoms with Crippen molar-refractivity contribution in [1.82, 2.24) is 0 Å². The SMILES string of the molecule is COC(=O)C[C@@H](N)c1ccc(OC(F)(F)F)cc1OC.Cl. The van der Waals surface area contributed by atoms with Crippen LogP contribution in [0.1, 0.15) is 18.0 Å². The molecule has 0 saturated heterocycles. The number of rotatable bonds is 5. The molecular weight excluding hydrogens is 315 g/mol. The third-order valence-electron chi connectivity index (χ3n) is 2.45.